The van der Waals surface area contributed by atoms with Gasteiger partial charge in [0.15, 0.2) is 14.6 Å². The highest BCUT2D eigenvalue weighted by molar-refractivity contribution is 6.74. The fourth-order valence-electron chi connectivity index (χ4n) is 5.48. The highest BCUT2D eigenvalue weighted by Gasteiger charge is 2.48. The van der Waals surface area contributed by atoms with Crippen molar-refractivity contribution in [3.8, 4) is 0 Å². The number of amides is 3. The van der Waals surface area contributed by atoms with Crippen LogP contribution in [0.1, 0.15) is 87.9 Å². The molecule has 4 atom stereocenters. The molecule has 2 unspecified atom stereocenters. The molecule has 3 heterocycles. The van der Waals surface area contributed by atoms with Crippen LogP contribution in [0.5, 0.6) is 0 Å². The molecule has 2 saturated heterocycles. The fraction of sp³-hybridized carbons (Fsp3) is 0.710. The number of hydrogen-bond donors (Lipinski definition) is 0. The van der Waals surface area contributed by atoms with Crippen molar-refractivity contribution in [2.75, 3.05) is 26.3 Å². The van der Waals surface area contributed by atoms with E-state index in [4.69, 9.17) is 18.6 Å². The van der Waals surface area contributed by atoms with Gasteiger partial charge in [0, 0.05) is 31.7 Å². The van der Waals surface area contributed by atoms with Crippen LogP contribution in [0.15, 0.2) is 24.3 Å². The molecule has 3 aliphatic rings. The Labute approximate surface area is 246 Å². The van der Waals surface area contributed by atoms with Gasteiger partial charge in [0.1, 0.15) is 5.60 Å². The summed E-state index contributed by atoms with van der Waals surface area (Å²) in [5, 5.41) is 0.00281. The first-order chi connectivity index (χ1) is 19.1. The molecule has 0 radical (unpaired) electrons. The zero-order valence-electron chi connectivity index (χ0n) is 26.0. The normalized spacial score (nSPS) is 24.5. The SMILES string of the molecule is CC(C)(C)OC(=O)N1C[C@H](O[Si](C)(C)C(C)(C)C)C[C@H]1C(COC1CCCCO1)CN1C(=O)c2ccccc2C1=O. The third-order valence-corrected chi connectivity index (χ3v) is 13.2. The zero-order chi connectivity index (χ0) is 30.2. The van der Waals surface area contributed by atoms with Crippen molar-refractivity contribution >= 4 is 26.2 Å². The number of fused-ring (bicyclic) bond motifs is 1. The zero-order valence-corrected chi connectivity index (χ0v) is 27.0. The summed E-state index contributed by atoms with van der Waals surface area (Å²) in [6.07, 6.45) is 2.41. The lowest BCUT2D eigenvalue weighted by Crippen LogP contribution is -2.49. The molecule has 4 rings (SSSR count). The Balaban J connectivity index is 1.62. The van der Waals surface area contributed by atoms with Crippen LogP contribution in [0.4, 0.5) is 4.79 Å². The number of nitrogens with zero attached hydrogens (tertiary/aromatic N) is 2. The number of benzene rings is 1. The minimum absolute atomic E-state index is 0.00281. The molecular weight excluding hydrogens is 540 g/mol. The summed E-state index contributed by atoms with van der Waals surface area (Å²) in [7, 11) is -2.14. The predicted molar refractivity (Wildman–Crippen MR) is 158 cm³/mol. The summed E-state index contributed by atoms with van der Waals surface area (Å²) >= 11 is 0. The Morgan fingerprint density at radius 3 is 2.22 bits per heavy atom. The summed E-state index contributed by atoms with van der Waals surface area (Å²) in [5.41, 5.74) is 0.134. The molecule has 3 amide bonds. The van der Waals surface area contributed by atoms with Crippen molar-refractivity contribution in [2.45, 2.75) is 109 Å². The number of likely N-dealkylation sites (tertiary alicyclic amines) is 1. The first-order valence-corrected chi connectivity index (χ1v) is 17.8. The summed E-state index contributed by atoms with van der Waals surface area (Å²) < 4.78 is 24.7. The lowest BCUT2D eigenvalue weighted by Gasteiger charge is -2.38. The summed E-state index contributed by atoms with van der Waals surface area (Å²) in [4.78, 5) is 43.3. The van der Waals surface area contributed by atoms with E-state index in [1.807, 2.05) is 20.8 Å². The second kappa shape index (κ2) is 12.1. The van der Waals surface area contributed by atoms with Gasteiger partial charge in [-0.2, -0.15) is 0 Å². The maximum absolute atomic E-state index is 13.6. The molecule has 0 aromatic heterocycles. The van der Waals surface area contributed by atoms with Crippen LogP contribution in [-0.4, -0.2) is 86.4 Å². The van der Waals surface area contributed by atoms with Gasteiger partial charge in [0.25, 0.3) is 11.8 Å². The summed E-state index contributed by atoms with van der Waals surface area (Å²) in [5.74, 6) is -0.996. The summed E-state index contributed by atoms with van der Waals surface area (Å²) in [6, 6.07) is 6.54. The van der Waals surface area contributed by atoms with E-state index in [1.54, 1.807) is 29.2 Å². The van der Waals surface area contributed by atoms with Crippen molar-refractivity contribution < 1.29 is 33.0 Å². The lowest BCUT2D eigenvalue weighted by molar-refractivity contribution is -0.172. The fourth-order valence-corrected chi connectivity index (χ4v) is 6.84. The first-order valence-electron chi connectivity index (χ1n) is 14.9. The second-order valence-corrected chi connectivity index (χ2v) is 18.8. The Morgan fingerprint density at radius 2 is 1.68 bits per heavy atom. The maximum atomic E-state index is 13.6. The Hall–Kier alpha value is -2.27. The van der Waals surface area contributed by atoms with Gasteiger partial charge in [-0.15, -0.1) is 0 Å². The van der Waals surface area contributed by atoms with Crippen LogP contribution in [0.2, 0.25) is 18.1 Å². The number of ether oxygens (including phenoxy) is 3. The molecule has 3 aliphatic heterocycles. The van der Waals surface area contributed by atoms with Gasteiger partial charge in [-0.3, -0.25) is 14.5 Å². The van der Waals surface area contributed by atoms with Crippen LogP contribution in [0.3, 0.4) is 0 Å². The predicted octanol–water partition coefficient (Wildman–Crippen LogP) is 5.84. The second-order valence-electron chi connectivity index (χ2n) is 14.1. The summed E-state index contributed by atoms with van der Waals surface area (Å²) in [6.45, 7) is 17.9. The van der Waals surface area contributed by atoms with Crippen LogP contribution in [0.25, 0.3) is 0 Å². The quantitative estimate of drug-likeness (QED) is 0.278. The molecule has 1 aromatic carbocycles. The van der Waals surface area contributed by atoms with Crippen LogP contribution >= 0.6 is 0 Å². The molecule has 0 aliphatic carbocycles. The molecule has 0 saturated carbocycles. The number of rotatable bonds is 8. The van der Waals surface area contributed by atoms with Gasteiger partial charge in [0.05, 0.1) is 23.8 Å². The molecule has 10 heteroatoms. The molecule has 0 spiro atoms. The van der Waals surface area contributed by atoms with Crippen LogP contribution in [-0.2, 0) is 18.6 Å². The van der Waals surface area contributed by atoms with E-state index in [1.165, 1.54) is 4.90 Å². The minimum atomic E-state index is -2.14. The molecule has 1 aromatic rings. The average Bonchev–Trinajstić information content (AvgIpc) is 3.39. The van der Waals surface area contributed by atoms with Crippen molar-refractivity contribution in [1.29, 1.82) is 0 Å². The Morgan fingerprint density at radius 1 is 1.05 bits per heavy atom. The van der Waals surface area contributed by atoms with Gasteiger partial charge in [-0.05, 0) is 76.7 Å². The lowest BCUT2D eigenvalue weighted by atomic mass is 9.97. The largest absolute Gasteiger partial charge is 0.444 e. The highest BCUT2D eigenvalue weighted by Crippen LogP contribution is 2.40. The standard InChI is InChI=1S/C31H48N2O7Si/c1-30(2,3)39-29(36)32-19-22(40-41(7,8)31(4,5)6)17-25(32)21(20-38-26-15-11-12-16-37-26)18-33-27(34)23-13-9-10-14-24(23)28(33)35/h9-10,13-14,21-22,25-26H,11-12,15-20H2,1-8H3/t21?,22-,25+,26?/m1/s1. The molecule has 228 valence electrons. The van der Waals surface area contributed by atoms with Crippen LogP contribution < -0.4 is 0 Å². The van der Waals surface area contributed by atoms with Gasteiger partial charge in [0.2, 0.25) is 0 Å². The molecule has 9 nitrogen and oxygen atoms in total. The topological polar surface area (TPSA) is 94.6 Å². The average molecular weight is 589 g/mol. The first kappa shape index (κ1) is 31.7. The van der Waals surface area contributed by atoms with E-state index >= 15 is 0 Å². The van der Waals surface area contributed by atoms with Crippen molar-refractivity contribution in [3.05, 3.63) is 35.4 Å². The Bertz CT molecular complexity index is 1090. The number of hydrogen-bond acceptors (Lipinski definition) is 7. The minimum Gasteiger partial charge on any atom is -0.444 e. The van der Waals surface area contributed by atoms with E-state index in [0.29, 0.717) is 30.7 Å². The van der Waals surface area contributed by atoms with Crippen molar-refractivity contribution in [2.24, 2.45) is 5.92 Å². The number of carbonyl (C=O) groups is 3. The van der Waals surface area contributed by atoms with Gasteiger partial charge < -0.3 is 23.5 Å². The van der Waals surface area contributed by atoms with Gasteiger partial charge in [-0.1, -0.05) is 32.9 Å². The molecule has 2 fully saturated rings. The molecule has 0 N–H and O–H groups in total. The number of carbonyl (C=O) groups excluding carboxylic acids is 3. The van der Waals surface area contributed by atoms with Gasteiger partial charge in [-0.25, -0.2) is 4.79 Å². The van der Waals surface area contributed by atoms with Crippen LogP contribution in [0, 0.1) is 5.92 Å². The molecular formula is C31H48N2O7Si. The van der Waals surface area contributed by atoms with E-state index in [9.17, 15) is 14.4 Å². The van der Waals surface area contributed by atoms with E-state index < -0.39 is 20.0 Å². The van der Waals surface area contributed by atoms with Crippen molar-refractivity contribution in [3.63, 3.8) is 0 Å². The molecule has 0 bridgehead atoms. The Kier molecular flexibility index (Phi) is 9.38. The third kappa shape index (κ3) is 7.39. The monoisotopic (exact) mass is 588 g/mol. The number of imide groups is 1. The van der Waals surface area contributed by atoms with Crippen molar-refractivity contribution in [1.82, 2.24) is 9.80 Å². The van der Waals surface area contributed by atoms with Gasteiger partial charge >= 0.3 is 6.09 Å². The van der Waals surface area contributed by atoms with E-state index in [2.05, 4.69) is 33.9 Å². The van der Waals surface area contributed by atoms with E-state index in [-0.39, 0.29) is 54.4 Å². The maximum Gasteiger partial charge on any atom is 0.410 e. The van der Waals surface area contributed by atoms with E-state index in [0.717, 1.165) is 19.3 Å². The highest BCUT2D eigenvalue weighted by atomic mass is 28.4. The third-order valence-electron chi connectivity index (χ3n) is 8.67. The molecule has 41 heavy (non-hydrogen) atoms. The smallest absolute Gasteiger partial charge is 0.410 e.